The number of methoxy groups -OCH3 is 1. The lowest BCUT2D eigenvalue weighted by Crippen LogP contribution is -2.33. The summed E-state index contributed by atoms with van der Waals surface area (Å²) in [5.41, 5.74) is 7.04. The van der Waals surface area contributed by atoms with Crippen LogP contribution in [-0.4, -0.2) is 39.4 Å². The van der Waals surface area contributed by atoms with Crippen molar-refractivity contribution < 1.29 is 24.0 Å². The Balaban J connectivity index is 1.35. The van der Waals surface area contributed by atoms with Crippen LogP contribution in [0.5, 0.6) is 5.75 Å². The zero-order valence-corrected chi connectivity index (χ0v) is 21.9. The van der Waals surface area contributed by atoms with E-state index in [2.05, 4.69) is 27.5 Å². The highest BCUT2D eigenvalue weighted by Gasteiger charge is 2.48. The summed E-state index contributed by atoms with van der Waals surface area (Å²) in [5, 5.41) is 21.3. The molecule has 9 heteroatoms. The summed E-state index contributed by atoms with van der Waals surface area (Å²) in [4.78, 5) is 27.8. The third kappa shape index (κ3) is 3.21. The Morgan fingerprint density at radius 1 is 1.00 bits per heavy atom. The molecule has 3 heterocycles. The second-order valence-electron chi connectivity index (χ2n) is 10.5. The molecule has 40 heavy (non-hydrogen) atoms. The van der Waals surface area contributed by atoms with Gasteiger partial charge in [-0.1, -0.05) is 47.6 Å². The minimum Gasteiger partial charge on any atom is -0.496 e. The highest BCUT2D eigenvalue weighted by molar-refractivity contribution is 6.11. The number of aliphatic carboxylic acids is 1. The first-order chi connectivity index (χ1) is 19.3. The molecule has 1 amide bonds. The van der Waals surface area contributed by atoms with Gasteiger partial charge in [0.05, 0.1) is 18.8 Å². The lowest BCUT2D eigenvalue weighted by molar-refractivity contribution is -0.142. The number of hydrogen-bond donors (Lipinski definition) is 2. The Morgan fingerprint density at radius 2 is 1.75 bits per heavy atom. The number of carbonyl (C=O) groups is 2. The van der Waals surface area contributed by atoms with Gasteiger partial charge in [0.1, 0.15) is 23.1 Å². The number of benzene rings is 3. The van der Waals surface area contributed by atoms with Crippen LogP contribution >= 0.6 is 0 Å². The zero-order valence-electron chi connectivity index (χ0n) is 21.9. The third-order valence-corrected chi connectivity index (χ3v) is 7.96. The fraction of sp³-hybridized carbons (Fsp3) is 0.161. The van der Waals surface area contributed by atoms with Gasteiger partial charge in [-0.25, -0.2) is 0 Å². The monoisotopic (exact) mass is 532 g/mol. The molecule has 0 spiro atoms. The number of rotatable bonds is 6. The Bertz CT molecular complexity index is 1830. The zero-order chi connectivity index (χ0) is 27.8. The van der Waals surface area contributed by atoms with Gasteiger partial charge in [-0.2, -0.15) is 5.10 Å². The topological polar surface area (TPSA) is 122 Å². The van der Waals surface area contributed by atoms with Crippen molar-refractivity contribution >= 4 is 17.6 Å². The average molecular weight is 533 g/mol. The summed E-state index contributed by atoms with van der Waals surface area (Å²) in [6, 6.07) is 20.7. The summed E-state index contributed by atoms with van der Waals surface area (Å²) in [5.74, 6) is -0.762. The number of nitrogens with one attached hydrogen (secondary N) is 1. The maximum absolute atomic E-state index is 13.9. The van der Waals surface area contributed by atoms with Gasteiger partial charge in [-0.05, 0) is 54.8 Å². The first-order valence-corrected chi connectivity index (χ1v) is 12.8. The normalized spacial score (nSPS) is 15.3. The maximum Gasteiger partial charge on any atom is 0.315 e. The van der Waals surface area contributed by atoms with Crippen LogP contribution in [-0.2, 0) is 10.2 Å². The summed E-state index contributed by atoms with van der Waals surface area (Å²) >= 11 is 0. The second kappa shape index (κ2) is 8.41. The molecule has 5 aromatic rings. The molecule has 1 aliphatic heterocycles. The third-order valence-electron chi connectivity index (χ3n) is 7.96. The number of amides is 1. The van der Waals surface area contributed by atoms with E-state index in [1.165, 1.54) is 0 Å². The molecule has 1 aliphatic carbocycles. The molecule has 2 aliphatic rings. The molecular weight excluding hydrogens is 508 g/mol. The van der Waals surface area contributed by atoms with Crippen molar-refractivity contribution in [3.63, 3.8) is 0 Å². The van der Waals surface area contributed by atoms with E-state index in [9.17, 15) is 14.7 Å². The van der Waals surface area contributed by atoms with Gasteiger partial charge in [0.2, 0.25) is 0 Å². The van der Waals surface area contributed by atoms with Crippen LogP contribution in [0, 0.1) is 0 Å². The smallest absolute Gasteiger partial charge is 0.315 e. The summed E-state index contributed by atoms with van der Waals surface area (Å²) in [6.45, 7) is 3.19. The number of nitrogens with zero attached hydrogens (tertiary/aromatic N) is 3. The minimum atomic E-state index is -1.31. The van der Waals surface area contributed by atoms with E-state index in [4.69, 9.17) is 9.26 Å². The van der Waals surface area contributed by atoms with E-state index in [0.717, 1.165) is 39.1 Å². The van der Waals surface area contributed by atoms with E-state index in [-0.39, 0.29) is 11.6 Å². The van der Waals surface area contributed by atoms with Gasteiger partial charge < -0.3 is 14.4 Å². The predicted molar refractivity (Wildman–Crippen MR) is 147 cm³/mol. The van der Waals surface area contributed by atoms with Crippen molar-refractivity contribution in [1.29, 1.82) is 0 Å². The number of aromatic amines is 1. The van der Waals surface area contributed by atoms with Crippen molar-refractivity contribution in [2.24, 2.45) is 0 Å². The molecule has 2 bridgehead atoms. The fourth-order valence-electron chi connectivity index (χ4n) is 5.77. The summed E-state index contributed by atoms with van der Waals surface area (Å²) < 4.78 is 10.9. The van der Waals surface area contributed by atoms with Crippen LogP contribution < -0.4 is 9.64 Å². The quantitative estimate of drug-likeness (QED) is 0.277. The van der Waals surface area contributed by atoms with Crippen LogP contribution in [0.1, 0.15) is 47.2 Å². The first-order valence-electron chi connectivity index (χ1n) is 12.8. The van der Waals surface area contributed by atoms with Crippen LogP contribution in [0.25, 0.3) is 33.5 Å². The average Bonchev–Trinajstić information content (AvgIpc) is 3.73. The van der Waals surface area contributed by atoms with Crippen molar-refractivity contribution in [3.05, 3.63) is 95.5 Å². The Labute approximate surface area is 229 Å². The van der Waals surface area contributed by atoms with Crippen molar-refractivity contribution in [2.75, 3.05) is 12.0 Å². The number of fused-ring (bicyclic) bond motifs is 6. The van der Waals surface area contributed by atoms with E-state index >= 15 is 0 Å². The molecule has 9 nitrogen and oxygen atoms in total. The van der Waals surface area contributed by atoms with Crippen LogP contribution in [0.3, 0.4) is 0 Å². The number of para-hydroxylation sites is 1. The number of carboxylic acids is 1. The van der Waals surface area contributed by atoms with E-state index in [0.29, 0.717) is 22.7 Å². The maximum atomic E-state index is 13.9. The van der Waals surface area contributed by atoms with E-state index < -0.39 is 17.4 Å². The molecule has 0 saturated heterocycles. The molecule has 3 aromatic carbocycles. The molecule has 1 atom stereocenters. The highest BCUT2D eigenvalue weighted by atomic mass is 16.5. The Kier molecular flexibility index (Phi) is 5.02. The Hall–Kier alpha value is -5.18. The van der Waals surface area contributed by atoms with Gasteiger partial charge in [0.15, 0.2) is 5.69 Å². The largest absolute Gasteiger partial charge is 0.496 e. The van der Waals surface area contributed by atoms with E-state index in [1.807, 2.05) is 54.6 Å². The number of hydrogen-bond acceptors (Lipinski definition) is 6. The second-order valence-corrected chi connectivity index (χ2v) is 10.5. The Morgan fingerprint density at radius 3 is 2.50 bits per heavy atom. The van der Waals surface area contributed by atoms with Crippen LogP contribution in [0.2, 0.25) is 0 Å². The van der Waals surface area contributed by atoms with Gasteiger partial charge in [0.25, 0.3) is 5.91 Å². The molecule has 0 saturated carbocycles. The summed E-state index contributed by atoms with van der Waals surface area (Å²) in [6.07, 6.45) is 1.66. The van der Waals surface area contributed by atoms with Crippen molar-refractivity contribution in [3.8, 4) is 39.3 Å². The molecule has 198 valence electrons. The predicted octanol–water partition coefficient (Wildman–Crippen LogP) is 5.83. The lowest BCUT2D eigenvalue weighted by Gasteiger charge is -2.29. The number of ether oxygens (including phenoxy) is 1. The standard InChI is InChI=1S/C31H24N4O5/c1-31(2,30(37)38)28-24-26(32-33-28)29(36)35(27(24)20-6-4-5-7-23(20)39-3)18-11-8-16(9-12-18)19-13-10-17-14-21(19)25-22(17)15-40-34-25/h4-15,27H,1-3H3,(H,32,33)(H,37,38). The minimum absolute atomic E-state index is 0.201. The number of anilines is 1. The molecule has 0 fully saturated rings. The van der Waals surface area contributed by atoms with Gasteiger partial charge in [-0.15, -0.1) is 0 Å². The summed E-state index contributed by atoms with van der Waals surface area (Å²) in [7, 11) is 1.57. The number of H-pyrrole nitrogens is 1. The van der Waals surface area contributed by atoms with Gasteiger partial charge in [0, 0.05) is 27.9 Å². The fourth-order valence-corrected chi connectivity index (χ4v) is 5.77. The number of carboxylic acid groups (broad SMARTS) is 1. The van der Waals surface area contributed by atoms with E-state index in [1.54, 1.807) is 32.1 Å². The highest BCUT2D eigenvalue weighted by Crippen LogP contribution is 2.48. The SMILES string of the molecule is COc1ccccc1C1c2c(n[nH]c2C(C)(C)C(=O)O)C(=O)N1c1ccc(-c2ccc3cc2-c2nocc2-3)cc1. The first kappa shape index (κ1) is 23.9. The van der Waals surface area contributed by atoms with Crippen molar-refractivity contribution in [1.82, 2.24) is 15.4 Å². The van der Waals surface area contributed by atoms with Crippen molar-refractivity contribution in [2.45, 2.75) is 25.3 Å². The number of aromatic nitrogens is 3. The molecule has 0 radical (unpaired) electrons. The molecule has 7 rings (SSSR count). The van der Waals surface area contributed by atoms with Crippen LogP contribution in [0.15, 0.2) is 77.5 Å². The van der Waals surface area contributed by atoms with Gasteiger partial charge >= 0.3 is 5.97 Å². The lowest BCUT2D eigenvalue weighted by atomic mass is 9.83. The molecular formula is C31H24N4O5. The molecule has 2 aromatic heterocycles. The van der Waals surface area contributed by atoms with Crippen LogP contribution in [0.4, 0.5) is 5.69 Å². The molecule has 1 unspecified atom stereocenters. The number of carbonyl (C=O) groups excluding carboxylic acids is 1. The van der Waals surface area contributed by atoms with Gasteiger partial charge in [-0.3, -0.25) is 19.6 Å². The molecule has 2 N–H and O–H groups in total.